The van der Waals surface area contributed by atoms with Gasteiger partial charge in [-0.15, -0.1) is 0 Å². The standard InChI is InChI=1S/C20H36O4/c1-4-17-19(23-17)14-20-18(24-20)13-16(21)12-10-8-6-5-7-9-11-15(2)22-3/h16-21H,2,4-14H2,1,3H3/t16?,17?,18?,19?,20-/m0/s1. The van der Waals surface area contributed by atoms with Crippen molar-refractivity contribution in [3.63, 3.8) is 0 Å². The molecule has 2 heterocycles. The lowest BCUT2D eigenvalue weighted by Gasteiger charge is -2.08. The number of methoxy groups -OCH3 is 1. The molecule has 2 aliphatic heterocycles. The quantitative estimate of drug-likeness (QED) is 0.273. The van der Waals surface area contributed by atoms with Crippen molar-refractivity contribution >= 4 is 0 Å². The monoisotopic (exact) mass is 340 g/mol. The molecule has 2 saturated heterocycles. The summed E-state index contributed by atoms with van der Waals surface area (Å²) in [5.41, 5.74) is 0. The van der Waals surface area contributed by atoms with Gasteiger partial charge in [-0.1, -0.05) is 45.6 Å². The van der Waals surface area contributed by atoms with Crippen LogP contribution in [0.2, 0.25) is 0 Å². The third-order valence-corrected chi connectivity index (χ3v) is 5.28. The Bertz CT molecular complexity index is 371. The molecule has 4 nitrogen and oxygen atoms in total. The summed E-state index contributed by atoms with van der Waals surface area (Å²) in [6.07, 6.45) is 13.4. The molecule has 4 unspecified atom stereocenters. The molecule has 0 amide bonds. The Hall–Kier alpha value is -0.580. The lowest BCUT2D eigenvalue weighted by Crippen LogP contribution is -2.12. The van der Waals surface area contributed by atoms with Gasteiger partial charge in [0.1, 0.15) is 0 Å². The highest BCUT2D eigenvalue weighted by molar-refractivity contribution is 4.95. The molecule has 0 saturated carbocycles. The van der Waals surface area contributed by atoms with Gasteiger partial charge in [0.05, 0.1) is 43.4 Å². The number of allylic oxidation sites excluding steroid dienone is 1. The van der Waals surface area contributed by atoms with Crippen LogP contribution in [0.4, 0.5) is 0 Å². The summed E-state index contributed by atoms with van der Waals surface area (Å²) in [4.78, 5) is 0. The van der Waals surface area contributed by atoms with E-state index in [1.165, 1.54) is 32.1 Å². The molecular formula is C20H36O4. The molecule has 4 heteroatoms. The van der Waals surface area contributed by atoms with Crippen molar-refractivity contribution in [1.29, 1.82) is 0 Å². The maximum Gasteiger partial charge on any atom is 0.0883 e. The van der Waals surface area contributed by atoms with Crippen LogP contribution in [0.1, 0.15) is 77.6 Å². The van der Waals surface area contributed by atoms with Gasteiger partial charge in [-0.05, 0) is 19.3 Å². The third kappa shape index (κ3) is 7.54. The van der Waals surface area contributed by atoms with E-state index in [4.69, 9.17) is 14.2 Å². The Morgan fingerprint density at radius 1 is 1.00 bits per heavy atom. The summed E-state index contributed by atoms with van der Waals surface area (Å²) in [6.45, 7) is 6.00. The van der Waals surface area contributed by atoms with Crippen molar-refractivity contribution < 1.29 is 19.3 Å². The highest BCUT2D eigenvalue weighted by atomic mass is 16.6. The molecule has 0 aliphatic carbocycles. The van der Waals surface area contributed by atoms with Gasteiger partial charge in [0.15, 0.2) is 0 Å². The van der Waals surface area contributed by atoms with Crippen molar-refractivity contribution in [1.82, 2.24) is 0 Å². The first-order chi connectivity index (χ1) is 11.6. The molecule has 2 fully saturated rings. The Morgan fingerprint density at radius 2 is 1.62 bits per heavy atom. The first kappa shape index (κ1) is 19.7. The van der Waals surface area contributed by atoms with E-state index in [1.54, 1.807) is 7.11 Å². The largest absolute Gasteiger partial charge is 0.502 e. The van der Waals surface area contributed by atoms with E-state index in [2.05, 4.69) is 13.5 Å². The minimum absolute atomic E-state index is 0.202. The lowest BCUT2D eigenvalue weighted by molar-refractivity contribution is 0.139. The summed E-state index contributed by atoms with van der Waals surface area (Å²) in [5.74, 6) is 0.886. The number of aliphatic hydroxyl groups is 1. The normalized spacial score (nSPS) is 29.3. The van der Waals surface area contributed by atoms with Crippen LogP contribution in [-0.2, 0) is 14.2 Å². The van der Waals surface area contributed by atoms with Crippen LogP contribution in [0, 0.1) is 0 Å². The molecule has 5 atom stereocenters. The Balaban J connectivity index is 1.36. The van der Waals surface area contributed by atoms with Crippen molar-refractivity contribution in [2.45, 2.75) is 108 Å². The third-order valence-electron chi connectivity index (χ3n) is 5.28. The average molecular weight is 341 g/mol. The highest BCUT2D eigenvalue weighted by Crippen LogP contribution is 2.38. The maximum absolute atomic E-state index is 10.1. The van der Waals surface area contributed by atoms with Crippen LogP contribution in [-0.4, -0.2) is 42.7 Å². The van der Waals surface area contributed by atoms with Crippen molar-refractivity contribution in [3.05, 3.63) is 12.3 Å². The Morgan fingerprint density at radius 3 is 2.29 bits per heavy atom. The van der Waals surface area contributed by atoms with E-state index < -0.39 is 0 Å². The summed E-state index contributed by atoms with van der Waals surface area (Å²) in [7, 11) is 1.68. The molecule has 0 aromatic rings. The molecule has 0 aromatic heterocycles. The fourth-order valence-corrected chi connectivity index (χ4v) is 3.47. The summed E-state index contributed by atoms with van der Waals surface area (Å²) >= 11 is 0. The van der Waals surface area contributed by atoms with Crippen molar-refractivity contribution in [2.24, 2.45) is 0 Å². The molecule has 2 aliphatic rings. The van der Waals surface area contributed by atoms with Crippen LogP contribution < -0.4 is 0 Å². The molecule has 0 aromatic carbocycles. The van der Waals surface area contributed by atoms with E-state index in [9.17, 15) is 5.11 Å². The van der Waals surface area contributed by atoms with E-state index >= 15 is 0 Å². The molecule has 24 heavy (non-hydrogen) atoms. The van der Waals surface area contributed by atoms with Crippen LogP contribution in [0.5, 0.6) is 0 Å². The highest BCUT2D eigenvalue weighted by Gasteiger charge is 2.47. The second-order valence-electron chi connectivity index (χ2n) is 7.36. The smallest absolute Gasteiger partial charge is 0.0883 e. The van der Waals surface area contributed by atoms with Gasteiger partial charge in [0.25, 0.3) is 0 Å². The Labute approximate surface area is 147 Å². The fraction of sp³-hybridized carbons (Fsp3) is 0.900. The van der Waals surface area contributed by atoms with Crippen molar-refractivity contribution in [3.8, 4) is 0 Å². The summed E-state index contributed by atoms with van der Waals surface area (Å²) in [5, 5.41) is 10.1. The second kappa shape index (κ2) is 10.4. The number of unbranched alkanes of at least 4 members (excludes halogenated alkanes) is 5. The molecular weight excluding hydrogens is 304 g/mol. The van der Waals surface area contributed by atoms with Gasteiger partial charge in [-0.3, -0.25) is 0 Å². The predicted octanol–water partition coefficient (Wildman–Crippen LogP) is 4.35. The van der Waals surface area contributed by atoms with E-state index in [0.29, 0.717) is 18.3 Å². The molecule has 2 rings (SSSR count). The second-order valence-corrected chi connectivity index (χ2v) is 7.36. The molecule has 1 N–H and O–H groups in total. The number of hydrogen-bond acceptors (Lipinski definition) is 4. The van der Waals surface area contributed by atoms with E-state index in [0.717, 1.165) is 44.3 Å². The van der Waals surface area contributed by atoms with Gasteiger partial charge < -0.3 is 19.3 Å². The van der Waals surface area contributed by atoms with Gasteiger partial charge in [0.2, 0.25) is 0 Å². The van der Waals surface area contributed by atoms with Gasteiger partial charge in [-0.2, -0.15) is 0 Å². The lowest BCUT2D eigenvalue weighted by atomic mass is 10.0. The first-order valence-electron chi connectivity index (χ1n) is 9.84. The van der Waals surface area contributed by atoms with Crippen LogP contribution in [0.25, 0.3) is 0 Å². The van der Waals surface area contributed by atoms with Gasteiger partial charge in [0, 0.05) is 19.3 Å². The zero-order chi connectivity index (χ0) is 17.4. The molecule has 0 radical (unpaired) electrons. The molecule has 140 valence electrons. The predicted molar refractivity (Wildman–Crippen MR) is 95.9 cm³/mol. The fourth-order valence-electron chi connectivity index (χ4n) is 3.47. The first-order valence-corrected chi connectivity index (χ1v) is 9.84. The molecule has 0 spiro atoms. The van der Waals surface area contributed by atoms with E-state index in [-0.39, 0.29) is 12.2 Å². The average Bonchev–Trinajstić information content (AvgIpc) is 3.48. The number of ether oxygens (including phenoxy) is 3. The SMILES string of the molecule is C=C(CCCCCCCCC(O)CC1O[C@H]1CC1OC1CC)OC. The van der Waals surface area contributed by atoms with E-state index in [1.807, 2.05) is 0 Å². The van der Waals surface area contributed by atoms with Crippen LogP contribution in [0.3, 0.4) is 0 Å². The summed E-state index contributed by atoms with van der Waals surface area (Å²) < 4.78 is 16.3. The van der Waals surface area contributed by atoms with Gasteiger partial charge in [-0.25, -0.2) is 0 Å². The Kier molecular flexibility index (Phi) is 8.57. The van der Waals surface area contributed by atoms with Crippen molar-refractivity contribution in [2.75, 3.05) is 7.11 Å². The minimum atomic E-state index is -0.202. The van der Waals surface area contributed by atoms with Crippen LogP contribution in [0.15, 0.2) is 12.3 Å². The number of epoxide rings is 2. The minimum Gasteiger partial charge on any atom is -0.502 e. The number of rotatable bonds is 15. The molecule has 0 bridgehead atoms. The van der Waals surface area contributed by atoms with Crippen LogP contribution >= 0.6 is 0 Å². The van der Waals surface area contributed by atoms with Gasteiger partial charge >= 0.3 is 0 Å². The number of hydrogen-bond donors (Lipinski definition) is 1. The zero-order valence-electron chi connectivity index (χ0n) is 15.5. The zero-order valence-corrected chi connectivity index (χ0v) is 15.5. The topological polar surface area (TPSA) is 54.5 Å². The number of aliphatic hydroxyl groups excluding tert-OH is 1. The summed E-state index contributed by atoms with van der Waals surface area (Å²) in [6, 6.07) is 0. The maximum atomic E-state index is 10.1.